The second-order valence-corrected chi connectivity index (χ2v) is 4.14. The molecule has 0 saturated carbocycles. The Kier molecular flexibility index (Phi) is 4.13. The van der Waals surface area contributed by atoms with Crippen LogP contribution in [0.5, 0.6) is 0 Å². The fraction of sp³-hybridized carbons (Fsp3) is 0.600. The van der Waals surface area contributed by atoms with E-state index in [2.05, 4.69) is 17.5 Å². The van der Waals surface area contributed by atoms with Crippen molar-refractivity contribution in [3.63, 3.8) is 0 Å². The van der Waals surface area contributed by atoms with Gasteiger partial charge >= 0.3 is 0 Å². The fourth-order valence-electron chi connectivity index (χ4n) is 1.71. The second-order valence-electron chi connectivity index (χ2n) is 3.68. The molecule has 5 heteroatoms. The van der Waals surface area contributed by atoms with Crippen LogP contribution < -0.4 is 0 Å². The van der Waals surface area contributed by atoms with Crippen LogP contribution in [0.25, 0.3) is 0 Å². The van der Waals surface area contributed by atoms with E-state index < -0.39 is 0 Å². The molecule has 0 spiro atoms. The summed E-state index contributed by atoms with van der Waals surface area (Å²) in [6.45, 7) is 5.54. The Bertz CT molecular complexity index is 310. The van der Waals surface area contributed by atoms with Gasteiger partial charge in [-0.3, -0.25) is 4.79 Å². The standard InChI is InChI=1S/C10H14ClN3O/c1-8(11)10(15)14-6-5-13(2)7-9(14)3-4-12/h9H,1,3,5-7H2,2H3/t9-/m0/s1. The zero-order valence-electron chi connectivity index (χ0n) is 8.74. The van der Waals surface area contributed by atoms with Gasteiger partial charge < -0.3 is 9.80 Å². The van der Waals surface area contributed by atoms with Gasteiger partial charge in [-0.05, 0) is 7.05 Å². The summed E-state index contributed by atoms with van der Waals surface area (Å²) < 4.78 is 0. The van der Waals surface area contributed by atoms with Gasteiger partial charge in [-0.2, -0.15) is 5.26 Å². The molecule has 4 nitrogen and oxygen atoms in total. The summed E-state index contributed by atoms with van der Waals surface area (Å²) >= 11 is 5.58. The molecule has 0 aromatic rings. The number of amides is 1. The molecule has 1 amide bonds. The molecule has 1 saturated heterocycles. The van der Waals surface area contributed by atoms with E-state index in [1.54, 1.807) is 4.90 Å². The highest BCUT2D eigenvalue weighted by atomic mass is 35.5. The Morgan fingerprint density at radius 2 is 2.33 bits per heavy atom. The lowest BCUT2D eigenvalue weighted by Gasteiger charge is -2.38. The minimum atomic E-state index is -0.259. The average molecular weight is 228 g/mol. The molecule has 0 unspecified atom stereocenters. The highest BCUT2D eigenvalue weighted by molar-refractivity contribution is 6.41. The zero-order chi connectivity index (χ0) is 11.4. The molecule has 0 radical (unpaired) electrons. The summed E-state index contributed by atoms with van der Waals surface area (Å²) in [4.78, 5) is 15.4. The average Bonchev–Trinajstić information content (AvgIpc) is 2.17. The van der Waals surface area contributed by atoms with E-state index in [4.69, 9.17) is 16.9 Å². The van der Waals surface area contributed by atoms with Crippen LogP contribution in [0.2, 0.25) is 0 Å². The highest BCUT2D eigenvalue weighted by Gasteiger charge is 2.29. The molecule has 1 heterocycles. The summed E-state index contributed by atoms with van der Waals surface area (Å²) in [6, 6.07) is 2.02. The molecular formula is C10H14ClN3O. The van der Waals surface area contributed by atoms with E-state index in [1.807, 2.05) is 7.05 Å². The van der Waals surface area contributed by atoms with Crippen molar-refractivity contribution in [1.82, 2.24) is 9.80 Å². The van der Waals surface area contributed by atoms with Crippen molar-refractivity contribution in [3.05, 3.63) is 11.6 Å². The Morgan fingerprint density at radius 3 is 2.87 bits per heavy atom. The molecule has 1 atom stereocenters. The number of nitriles is 1. The van der Waals surface area contributed by atoms with E-state index >= 15 is 0 Å². The molecule has 15 heavy (non-hydrogen) atoms. The maximum absolute atomic E-state index is 11.7. The van der Waals surface area contributed by atoms with Crippen molar-refractivity contribution in [3.8, 4) is 6.07 Å². The van der Waals surface area contributed by atoms with Gasteiger partial charge in [0, 0.05) is 19.6 Å². The lowest BCUT2D eigenvalue weighted by atomic mass is 10.1. The number of carbonyl (C=O) groups is 1. The summed E-state index contributed by atoms with van der Waals surface area (Å²) in [5, 5.41) is 8.70. The molecular weight excluding hydrogens is 214 g/mol. The topological polar surface area (TPSA) is 47.3 Å². The van der Waals surface area contributed by atoms with Gasteiger partial charge in [0.15, 0.2) is 0 Å². The van der Waals surface area contributed by atoms with E-state index in [9.17, 15) is 4.79 Å². The molecule has 0 N–H and O–H groups in total. The van der Waals surface area contributed by atoms with Gasteiger partial charge in [0.05, 0.1) is 23.6 Å². The predicted octanol–water partition coefficient (Wildman–Crippen LogP) is 0.795. The van der Waals surface area contributed by atoms with E-state index in [0.29, 0.717) is 19.5 Å². The highest BCUT2D eigenvalue weighted by Crippen LogP contribution is 2.15. The third-order valence-corrected chi connectivity index (χ3v) is 2.67. The first-order chi connectivity index (χ1) is 7.06. The summed E-state index contributed by atoms with van der Waals surface area (Å²) in [7, 11) is 1.97. The number of likely N-dealkylation sites (N-methyl/N-ethyl adjacent to an activating group) is 1. The van der Waals surface area contributed by atoms with Crippen LogP contribution in [0.15, 0.2) is 11.6 Å². The Hall–Kier alpha value is -1.05. The molecule has 1 rings (SSSR count). The smallest absolute Gasteiger partial charge is 0.265 e. The molecule has 0 aliphatic carbocycles. The van der Waals surface area contributed by atoms with Crippen molar-refractivity contribution < 1.29 is 4.79 Å². The first-order valence-corrected chi connectivity index (χ1v) is 5.15. The van der Waals surface area contributed by atoms with E-state index in [0.717, 1.165) is 6.54 Å². The quantitative estimate of drug-likeness (QED) is 0.656. The molecule has 1 fully saturated rings. The second kappa shape index (κ2) is 5.15. The van der Waals surface area contributed by atoms with Crippen molar-refractivity contribution in [2.24, 2.45) is 0 Å². The van der Waals surface area contributed by atoms with Gasteiger partial charge in [-0.25, -0.2) is 0 Å². The van der Waals surface area contributed by atoms with E-state index in [-0.39, 0.29) is 17.0 Å². The predicted molar refractivity (Wildman–Crippen MR) is 58.2 cm³/mol. The molecule has 0 bridgehead atoms. The first-order valence-electron chi connectivity index (χ1n) is 4.77. The van der Waals surface area contributed by atoms with Crippen LogP contribution in [0, 0.1) is 11.3 Å². The molecule has 1 aliphatic rings. The van der Waals surface area contributed by atoms with Crippen molar-refractivity contribution in [1.29, 1.82) is 5.26 Å². The molecule has 82 valence electrons. The zero-order valence-corrected chi connectivity index (χ0v) is 9.50. The SMILES string of the molecule is C=C(Cl)C(=O)N1CCN(C)C[C@@H]1CC#N. The molecule has 0 aromatic heterocycles. The minimum Gasteiger partial charge on any atom is -0.331 e. The number of carbonyl (C=O) groups excluding carboxylic acids is 1. The lowest BCUT2D eigenvalue weighted by molar-refractivity contribution is -0.130. The Labute approximate surface area is 94.7 Å². The largest absolute Gasteiger partial charge is 0.331 e. The van der Waals surface area contributed by atoms with Crippen LogP contribution in [0.1, 0.15) is 6.42 Å². The fourth-order valence-corrected chi connectivity index (χ4v) is 1.82. The number of hydrogen-bond donors (Lipinski definition) is 0. The normalized spacial score (nSPS) is 22.2. The number of halogens is 1. The monoisotopic (exact) mass is 227 g/mol. The van der Waals surface area contributed by atoms with Gasteiger partial charge in [-0.1, -0.05) is 18.2 Å². The molecule has 1 aliphatic heterocycles. The van der Waals surface area contributed by atoms with Gasteiger partial charge in [0.2, 0.25) is 0 Å². The third kappa shape index (κ3) is 2.95. The Morgan fingerprint density at radius 1 is 1.67 bits per heavy atom. The Balaban J connectivity index is 2.73. The van der Waals surface area contributed by atoms with Gasteiger partial charge in [-0.15, -0.1) is 0 Å². The number of rotatable bonds is 2. The van der Waals surface area contributed by atoms with Gasteiger partial charge in [0.25, 0.3) is 5.91 Å². The lowest BCUT2D eigenvalue weighted by Crippen LogP contribution is -2.53. The van der Waals surface area contributed by atoms with Crippen LogP contribution >= 0.6 is 11.6 Å². The van der Waals surface area contributed by atoms with Crippen LogP contribution in [0.3, 0.4) is 0 Å². The van der Waals surface area contributed by atoms with Crippen LogP contribution in [-0.2, 0) is 4.79 Å². The van der Waals surface area contributed by atoms with Crippen LogP contribution in [0.4, 0.5) is 0 Å². The minimum absolute atomic E-state index is 0.0162. The van der Waals surface area contributed by atoms with Crippen molar-refractivity contribution in [2.75, 3.05) is 26.7 Å². The van der Waals surface area contributed by atoms with Crippen molar-refractivity contribution in [2.45, 2.75) is 12.5 Å². The number of nitrogens with zero attached hydrogens (tertiary/aromatic N) is 3. The summed E-state index contributed by atoms with van der Waals surface area (Å²) in [5.41, 5.74) is 0. The number of hydrogen-bond acceptors (Lipinski definition) is 3. The summed E-state index contributed by atoms with van der Waals surface area (Å²) in [5.74, 6) is -0.259. The maximum atomic E-state index is 11.7. The van der Waals surface area contributed by atoms with E-state index in [1.165, 1.54) is 0 Å². The number of piperazine rings is 1. The van der Waals surface area contributed by atoms with Crippen LogP contribution in [-0.4, -0.2) is 48.4 Å². The molecule has 0 aromatic carbocycles. The van der Waals surface area contributed by atoms with Crippen molar-refractivity contribution >= 4 is 17.5 Å². The maximum Gasteiger partial charge on any atom is 0.265 e. The first kappa shape index (κ1) is 12.0. The van der Waals surface area contributed by atoms with Gasteiger partial charge in [0.1, 0.15) is 0 Å². The summed E-state index contributed by atoms with van der Waals surface area (Å²) in [6.07, 6.45) is 0.334. The third-order valence-electron chi connectivity index (χ3n) is 2.51.